The molecule has 0 aliphatic rings. The summed E-state index contributed by atoms with van der Waals surface area (Å²) in [5, 5.41) is 0.445. The molecule has 0 fully saturated rings. The summed E-state index contributed by atoms with van der Waals surface area (Å²) in [6, 6.07) is 20.3. The van der Waals surface area contributed by atoms with Crippen molar-refractivity contribution in [2.45, 2.75) is 13.5 Å². The van der Waals surface area contributed by atoms with Gasteiger partial charge in [-0.2, -0.15) is 0 Å². The molecule has 3 rings (SSSR count). The van der Waals surface area contributed by atoms with Crippen molar-refractivity contribution in [2.24, 2.45) is 0 Å². The smallest absolute Gasteiger partial charge is 0.224 e. The highest BCUT2D eigenvalue weighted by molar-refractivity contribution is 6.32. The lowest BCUT2D eigenvalue weighted by Crippen LogP contribution is -2.28. The minimum atomic E-state index is -0.154. The first-order valence-electron chi connectivity index (χ1n) is 9.04. The second-order valence-electron chi connectivity index (χ2n) is 6.25. The summed E-state index contributed by atoms with van der Waals surface area (Å²) in [5.74, 6) is 2.14. The lowest BCUT2D eigenvalue weighted by Gasteiger charge is -2.26. The highest BCUT2D eigenvalue weighted by Crippen LogP contribution is 2.39. The molecule has 0 atom stereocenters. The average Bonchev–Trinajstić information content (AvgIpc) is 2.73. The molecule has 29 heavy (non-hydrogen) atoms. The maximum atomic E-state index is 12.6. The quantitative estimate of drug-likeness (QED) is 0.500. The van der Waals surface area contributed by atoms with Crippen LogP contribution < -0.4 is 19.1 Å². The zero-order chi connectivity index (χ0) is 20.8. The molecule has 0 N–H and O–H groups in total. The molecule has 3 aromatic rings. The van der Waals surface area contributed by atoms with E-state index in [1.165, 1.54) is 14.0 Å². The minimum absolute atomic E-state index is 0.154. The van der Waals surface area contributed by atoms with Gasteiger partial charge in [-0.3, -0.25) is 4.79 Å². The van der Waals surface area contributed by atoms with E-state index in [2.05, 4.69) is 0 Å². The molecule has 150 valence electrons. The number of carbonyl (C=O) groups excluding carboxylic acids is 1. The molecule has 1 amide bonds. The van der Waals surface area contributed by atoms with Crippen LogP contribution >= 0.6 is 11.6 Å². The zero-order valence-corrected chi connectivity index (χ0v) is 17.3. The van der Waals surface area contributed by atoms with E-state index in [0.717, 1.165) is 0 Å². The van der Waals surface area contributed by atoms with E-state index < -0.39 is 0 Å². The third-order valence-corrected chi connectivity index (χ3v) is 4.71. The highest BCUT2D eigenvalue weighted by Gasteiger charge is 2.22. The Bertz CT molecular complexity index is 991. The first-order valence-corrected chi connectivity index (χ1v) is 9.42. The minimum Gasteiger partial charge on any atom is -0.496 e. The zero-order valence-electron chi connectivity index (χ0n) is 16.5. The first-order chi connectivity index (χ1) is 14.0. The number of hydrogen-bond acceptors (Lipinski definition) is 4. The van der Waals surface area contributed by atoms with Crippen molar-refractivity contribution in [2.75, 3.05) is 19.1 Å². The predicted octanol–water partition coefficient (Wildman–Crippen LogP) is 5.70. The van der Waals surface area contributed by atoms with Crippen molar-refractivity contribution < 1.29 is 19.0 Å². The first kappa shape index (κ1) is 20.6. The molecule has 5 nitrogen and oxygen atoms in total. The van der Waals surface area contributed by atoms with Crippen LogP contribution in [0.1, 0.15) is 12.5 Å². The topological polar surface area (TPSA) is 48.0 Å². The van der Waals surface area contributed by atoms with Crippen LogP contribution in [0.15, 0.2) is 66.7 Å². The van der Waals surface area contributed by atoms with Gasteiger partial charge in [-0.15, -0.1) is 0 Å². The van der Waals surface area contributed by atoms with E-state index in [4.69, 9.17) is 25.8 Å². The molecule has 0 bridgehead atoms. The van der Waals surface area contributed by atoms with Gasteiger partial charge < -0.3 is 19.1 Å². The number of rotatable bonds is 7. The monoisotopic (exact) mass is 411 g/mol. The molecule has 0 heterocycles. The number of halogens is 1. The third-order valence-electron chi connectivity index (χ3n) is 4.42. The Morgan fingerprint density at radius 2 is 1.59 bits per heavy atom. The molecule has 6 heteroatoms. The summed E-state index contributed by atoms with van der Waals surface area (Å²) < 4.78 is 17.0. The molecule has 0 saturated carbocycles. The van der Waals surface area contributed by atoms with Crippen LogP contribution in [0.5, 0.6) is 23.0 Å². The van der Waals surface area contributed by atoms with Gasteiger partial charge in [0.2, 0.25) is 5.91 Å². The van der Waals surface area contributed by atoms with Gasteiger partial charge in [0, 0.05) is 6.92 Å². The van der Waals surface area contributed by atoms with Gasteiger partial charge >= 0.3 is 0 Å². The summed E-state index contributed by atoms with van der Waals surface area (Å²) in [7, 11) is 3.10. The highest BCUT2D eigenvalue weighted by atomic mass is 35.5. The number of para-hydroxylation sites is 3. The molecule has 0 saturated heterocycles. The van der Waals surface area contributed by atoms with Crippen molar-refractivity contribution in [3.8, 4) is 23.0 Å². The number of nitrogens with zero attached hydrogens (tertiary/aromatic N) is 1. The second kappa shape index (κ2) is 9.34. The van der Waals surface area contributed by atoms with Crippen LogP contribution in [-0.2, 0) is 11.3 Å². The van der Waals surface area contributed by atoms with E-state index in [1.54, 1.807) is 24.1 Å². The number of anilines is 1. The fourth-order valence-corrected chi connectivity index (χ4v) is 3.30. The standard InChI is InChI=1S/C23H22ClNO4/c1-16(26)25(15-18-21(27-2)14-13-19(24)23(18)28-3)20-11-7-8-12-22(20)29-17-9-5-4-6-10-17/h4-14H,15H2,1-3H3. The van der Waals surface area contributed by atoms with Crippen LogP contribution in [-0.4, -0.2) is 20.1 Å². The van der Waals surface area contributed by atoms with E-state index in [-0.39, 0.29) is 12.5 Å². The Hall–Kier alpha value is -3.18. The van der Waals surface area contributed by atoms with Crippen LogP contribution in [0.2, 0.25) is 5.02 Å². The molecular formula is C23H22ClNO4. The van der Waals surface area contributed by atoms with Crippen molar-refractivity contribution in [1.82, 2.24) is 0 Å². The van der Waals surface area contributed by atoms with Gasteiger partial charge in [0.1, 0.15) is 17.2 Å². The summed E-state index contributed by atoms with van der Waals surface area (Å²) >= 11 is 6.30. The van der Waals surface area contributed by atoms with Crippen molar-refractivity contribution >= 4 is 23.2 Å². The molecule has 0 radical (unpaired) electrons. The third kappa shape index (κ3) is 4.63. The maximum absolute atomic E-state index is 12.6. The Morgan fingerprint density at radius 1 is 0.897 bits per heavy atom. The van der Waals surface area contributed by atoms with Gasteiger partial charge in [0.05, 0.1) is 37.0 Å². The van der Waals surface area contributed by atoms with Gasteiger partial charge in [0.25, 0.3) is 0 Å². The van der Waals surface area contributed by atoms with E-state index in [9.17, 15) is 4.79 Å². The molecule has 0 unspecified atom stereocenters. The van der Waals surface area contributed by atoms with Crippen molar-refractivity contribution in [3.05, 3.63) is 77.3 Å². The van der Waals surface area contributed by atoms with Crippen LogP contribution in [0, 0.1) is 0 Å². The number of benzene rings is 3. The fraction of sp³-hybridized carbons (Fsp3) is 0.174. The van der Waals surface area contributed by atoms with E-state index in [0.29, 0.717) is 39.3 Å². The summed E-state index contributed by atoms with van der Waals surface area (Å²) in [5.41, 5.74) is 1.31. The van der Waals surface area contributed by atoms with Crippen LogP contribution in [0.4, 0.5) is 5.69 Å². The number of methoxy groups -OCH3 is 2. The van der Waals surface area contributed by atoms with E-state index >= 15 is 0 Å². The SMILES string of the molecule is COc1ccc(Cl)c(OC)c1CN(C(C)=O)c1ccccc1Oc1ccccc1. The van der Waals surface area contributed by atoms with Crippen LogP contribution in [0.25, 0.3) is 0 Å². The molecule has 0 aliphatic heterocycles. The number of carbonyl (C=O) groups is 1. The van der Waals surface area contributed by atoms with Crippen molar-refractivity contribution in [3.63, 3.8) is 0 Å². The van der Waals surface area contributed by atoms with Gasteiger partial charge in [-0.25, -0.2) is 0 Å². The summed E-state index contributed by atoms with van der Waals surface area (Å²) in [6.07, 6.45) is 0. The Labute approximate surface area is 175 Å². The normalized spacial score (nSPS) is 10.3. The molecule has 0 spiro atoms. The molecular weight excluding hydrogens is 390 g/mol. The Kier molecular flexibility index (Phi) is 6.62. The maximum Gasteiger partial charge on any atom is 0.224 e. The van der Waals surface area contributed by atoms with E-state index in [1.807, 2.05) is 54.6 Å². The number of ether oxygens (including phenoxy) is 3. The number of amides is 1. The summed E-state index contributed by atoms with van der Waals surface area (Å²) in [4.78, 5) is 14.2. The largest absolute Gasteiger partial charge is 0.496 e. The molecule has 0 aliphatic carbocycles. The van der Waals surface area contributed by atoms with Gasteiger partial charge in [0.15, 0.2) is 5.75 Å². The second-order valence-corrected chi connectivity index (χ2v) is 6.66. The van der Waals surface area contributed by atoms with Gasteiger partial charge in [-0.05, 0) is 36.4 Å². The Morgan fingerprint density at radius 3 is 2.24 bits per heavy atom. The lowest BCUT2D eigenvalue weighted by molar-refractivity contribution is -0.116. The van der Waals surface area contributed by atoms with Crippen LogP contribution in [0.3, 0.4) is 0 Å². The Balaban J connectivity index is 2.03. The summed E-state index contributed by atoms with van der Waals surface area (Å²) in [6.45, 7) is 1.71. The molecule has 3 aromatic carbocycles. The molecule has 0 aromatic heterocycles. The van der Waals surface area contributed by atoms with Crippen molar-refractivity contribution in [1.29, 1.82) is 0 Å². The number of hydrogen-bond donors (Lipinski definition) is 0. The van der Waals surface area contributed by atoms with Gasteiger partial charge in [-0.1, -0.05) is 41.9 Å². The average molecular weight is 412 g/mol. The fourth-order valence-electron chi connectivity index (χ4n) is 3.05. The predicted molar refractivity (Wildman–Crippen MR) is 114 cm³/mol. The lowest BCUT2D eigenvalue weighted by atomic mass is 10.1.